The normalized spacial score (nSPS) is 42.6. The number of Topliss-reactive ketones (excluding diaryl/α,β-unsaturated/α-hetero) is 1. The summed E-state index contributed by atoms with van der Waals surface area (Å²) in [6.45, 7) is 11.1. The van der Waals surface area contributed by atoms with E-state index in [4.69, 9.17) is 4.74 Å². The molecule has 8 atom stereocenters. The molecule has 146 valence electrons. The van der Waals surface area contributed by atoms with E-state index in [0.717, 1.165) is 0 Å². The van der Waals surface area contributed by atoms with Gasteiger partial charge in [-0.2, -0.15) is 0 Å². The Morgan fingerprint density at radius 2 is 1.60 bits per heavy atom. The van der Waals surface area contributed by atoms with E-state index in [-0.39, 0.29) is 29.6 Å². The standard InChI is InChI=1S/C20H36O5/c1-7-17-11(2)8-9-16(21)12(3)10-13(4)18(22)14(5)19(23)15(6)20(24)25-17/h11-15,17-19,22-23H,7-10H2,1-6H3/t11-,12-,13+,14-,15-,17-,18+,19+/m1/s1. The van der Waals surface area contributed by atoms with Crippen LogP contribution in [0.1, 0.15) is 67.2 Å². The van der Waals surface area contributed by atoms with Crippen LogP contribution >= 0.6 is 0 Å². The minimum Gasteiger partial charge on any atom is -0.462 e. The van der Waals surface area contributed by atoms with Crippen molar-refractivity contribution < 1.29 is 24.5 Å². The Balaban J connectivity index is 3.04. The lowest BCUT2D eigenvalue weighted by Gasteiger charge is -2.33. The van der Waals surface area contributed by atoms with Crippen LogP contribution in [0.2, 0.25) is 0 Å². The molecule has 1 aliphatic heterocycles. The molecule has 0 aliphatic carbocycles. The maximum absolute atomic E-state index is 12.4. The van der Waals surface area contributed by atoms with E-state index in [1.807, 2.05) is 27.7 Å². The van der Waals surface area contributed by atoms with Gasteiger partial charge >= 0.3 is 5.97 Å². The second kappa shape index (κ2) is 9.67. The van der Waals surface area contributed by atoms with E-state index in [9.17, 15) is 19.8 Å². The largest absolute Gasteiger partial charge is 0.462 e. The van der Waals surface area contributed by atoms with Crippen LogP contribution in [0.15, 0.2) is 0 Å². The zero-order valence-corrected chi connectivity index (χ0v) is 16.6. The van der Waals surface area contributed by atoms with Gasteiger partial charge in [0.25, 0.3) is 0 Å². The van der Waals surface area contributed by atoms with Crippen LogP contribution in [0.4, 0.5) is 0 Å². The molecule has 5 heteroatoms. The van der Waals surface area contributed by atoms with Gasteiger partial charge in [-0.25, -0.2) is 0 Å². The first-order valence-electron chi connectivity index (χ1n) is 9.69. The number of rotatable bonds is 1. The lowest BCUT2D eigenvalue weighted by atomic mass is 9.79. The molecule has 0 unspecified atom stereocenters. The number of esters is 1. The molecule has 0 spiro atoms. The van der Waals surface area contributed by atoms with E-state index in [1.165, 1.54) is 0 Å². The molecule has 5 nitrogen and oxygen atoms in total. The highest BCUT2D eigenvalue weighted by molar-refractivity contribution is 5.80. The van der Waals surface area contributed by atoms with E-state index in [2.05, 4.69) is 0 Å². The zero-order valence-electron chi connectivity index (χ0n) is 16.6. The molecular weight excluding hydrogens is 320 g/mol. The fourth-order valence-corrected chi connectivity index (χ4v) is 3.80. The van der Waals surface area contributed by atoms with Crippen LogP contribution in [-0.2, 0) is 14.3 Å². The fraction of sp³-hybridized carbons (Fsp3) is 0.900. The highest BCUT2D eigenvalue weighted by Crippen LogP contribution is 2.29. The number of ether oxygens (including phenoxy) is 1. The summed E-state index contributed by atoms with van der Waals surface area (Å²) < 4.78 is 5.62. The van der Waals surface area contributed by atoms with E-state index in [0.29, 0.717) is 25.7 Å². The van der Waals surface area contributed by atoms with Crippen molar-refractivity contribution in [2.45, 2.75) is 85.5 Å². The first-order valence-corrected chi connectivity index (χ1v) is 9.69. The molecule has 0 aromatic carbocycles. The molecular formula is C20H36O5. The van der Waals surface area contributed by atoms with Crippen LogP contribution in [-0.4, -0.2) is 40.3 Å². The predicted octanol–water partition coefficient (Wildman–Crippen LogP) is 2.96. The smallest absolute Gasteiger partial charge is 0.311 e. The van der Waals surface area contributed by atoms with Gasteiger partial charge < -0.3 is 14.9 Å². The van der Waals surface area contributed by atoms with Crippen LogP contribution < -0.4 is 0 Å². The topological polar surface area (TPSA) is 83.8 Å². The van der Waals surface area contributed by atoms with Gasteiger partial charge in [-0.05, 0) is 38.0 Å². The van der Waals surface area contributed by atoms with Gasteiger partial charge in [0.2, 0.25) is 0 Å². The average molecular weight is 357 g/mol. The lowest BCUT2D eigenvalue weighted by Crippen LogP contribution is -2.42. The van der Waals surface area contributed by atoms with Crippen LogP contribution in [0.3, 0.4) is 0 Å². The Kier molecular flexibility index (Phi) is 8.55. The average Bonchev–Trinajstić information content (AvgIpc) is 2.59. The minimum absolute atomic E-state index is 0.0952. The lowest BCUT2D eigenvalue weighted by molar-refractivity contribution is -0.163. The minimum atomic E-state index is -0.980. The summed E-state index contributed by atoms with van der Waals surface area (Å²) in [7, 11) is 0. The summed E-state index contributed by atoms with van der Waals surface area (Å²) in [5.41, 5.74) is 0. The second-order valence-corrected chi connectivity index (χ2v) is 8.11. The maximum Gasteiger partial charge on any atom is 0.311 e. The van der Waals surface area contributed by atoms with Gasteiger partial charge in [-0.3, -0.25) is 9.59 Å². The number of hydrogen-bond donors (Lipinski definition) is 2. The molecule has 0 saturated carbocycles. The van der Waals surface area contributed by atoms with E-state index >= 15 is 0 Å². The molecule has 2 N–H and O–H groups in total. The Morgan fingerprint density at radius 3 is 2.16 bits per heavy atom. The van der Waals surface area contributed by atoms with Crippen molar-refractivity contribution >= 4 is 11.8 Å². The highest BCUT2D eigenvalue weighted by Gasteiger charge is 2.36. The predicted molar refractivity (Wildman–Crippen MR) is 96.9 cm³/mol. The maximum atomic E-state index is 12.4. The fourth-order valence-electron chi connectivity index (χ4n) is 3.80. The molecule has 1 rings (SSSR count). The third-order valence-electron chi connectivity index (χ3n) is 5.97. The van der Waals surface area contributed by atoms with Crippen molar-refractivity contribution in [3.63, 3.8) is 0 Å². The number of aliphatic hydroxyl groups is 2. The monoisotopic (exact) mass is 356 g/mol. The number of hydrogen-bond acceptors (Lipinski definition) is 5. The van der Waals surface area contributed by atoms with Gasteiger partial charge in [0.1, 0.15) is 11.9 Å². The zero-order chi connectivity index (χ0) is 19.3. The third-order valence-corrected chi connectivity index (χ3v) is 5.97. The first-order chi connectivity index (χ1) is 11.6. The summed E-state index contributed by atoms with van der Waals surface area (Å²) in [6.07, 6.45) is 0.394. The number of ketones is 1. The molecule has 0 aromatic rings. The molecule has 1 aliphatic rings. The van der Waals surface area contributed by atoms with Crippen molar-refractivity contribution in [3.8, 4) is 0 Å². The molecule has 1 saturated heterocycles. The number of carbonyl (C=O) groups is 2. The highest BCUT2D eigenvalue weighted by atomic mass is 16.5. The van der Waals surface area contributed by atoms with Gasteiger partial charge in [0, 0.05) is 18.3 Å². The van der Waals surface area contributed by atoms with Crippen LogP contribution in [0, 0.1) is 29.6 Å². The van der Waals surface area contributed by atoms with Crippen LogP contribution in [0.25, 0.3) is 0 Å². The van der Waals surface area contributed by atoms with E-state index in [1.54, 1.807) is 13.8 Å². The number of cyclic esters (lactones) is 1. The summed E-state index contributed by atoms with van der Waals surface area (Å²) in [4.78, 5) is 24.8. The summed E-state index contributed by atoms with van der Waals surface area (Å²) >= 11 is 0. The molecule has 25 heavy (non-hydrogen) atoms. The Hall–Kier alpha value is -0.940. The summed E-state index contributed by atoms with van der Waals surface area (Å²) in [6, 6.07) is 0. The van der Waals surface area contributed by atoms with Crippen LogP contribution in [0.5, 0.6) is 0 Å². The van der Waals surface area contributed by atoms with Crippen molar-refractivity contribution in [2.24, 2.45) is 29.6 Å². The molecule has 1 fully saturated rings. The van der Waals surface area contributed by atoms with Gasteiger partial charge in [0.15, 0.2) is 0 Å². The Morgan fingerprint density at radius 1 is 1.00 bits per heavy atom. The Bertz CT molecular complexity index is 449. The van der Waals surface area contributed by atoms with Crippen molar-refractivity contribution in [1.29, 1.82) is 0 Å². The summed E-state index contributed by atoms with van der Waals surface area (Å²) in [5, 5.41) is 21.1. The third kappa shape index (κ3) is 5.78. The van der Waals surface area contributed by atoms with Crippen molar-refractivity contribution in [1.82, 2.24) is 0 Å². The molecule has 1 heterocycles. The number of carbonyl (C=O) groups excluding carboxylic acids is 2. The van der Waals surface area contributed by atoms with E-state index < -0.39 is 30.0 Å². The van der Waals surface area contributed by atoms with Gasteiger partial charge in [-0.1, -0.05) is 34.6 Å². The number of aliphatic hydroxyl groups excluding tert-OH is 2. The SMILES string of the molecule is CC[C@H]1OC(=O)[C@H](C)[C@@H](O)[C@H](C)[C@@H](O)[C@@H](C)C[C@@H](C)C(=O)CC[C@H]1C. The quantitative estimate of drug-likeness (QED) is 0.706. The van der Waals surface area contributed by atoms with Crippen molar-refractivity contribution in [3.05, 3.63) is 0 Å². The Labute approximate surface area is 152 Å². The van der Waals surface area contributed by atoms with Gasteiger partial charge in [0.05, 0.1) is 18.1 Å². The molecule has 0 radical (unpaired) electrons. The molecule has 0 bridgehead atoms. The molecule has 0 aromatic heterocycles. The second-order valence-electron chi connectivity index (χ2n) is 8.11. The summed E-state index contributed by atoms with van der Waals surface area (Å²) in [5.74, 6) is -1.57. The molecule has 0 amide bonds. The van der Waals surface area contributed by atoms with Gasteiger partial charge in [-0.15, -0.1) is 0 Å². The first kappa shape index (κ1) is 22.1. The van der Waals surface area contributed by atoms with Crippen molar-refractivity contribution in [2.75, 3.05) is 0 Å².